The van der Waals surface area contributed by atoms with Gasteiger partial charge in [0.2, 0.25) is 0 Å². The molecule has 0 fully saturated rings. The first kappa shape index (κ1) is 14.3. The number of nitrogens with one attached hydrogen (secondary N) is 1. The summed E-state index contributed by atoms with van der Waals surface area (Å²) in [6, 6.07) is 7.94. The lowest BCUT2D eigenvalue weighted by Crippen LogP contribution is -2.19. The number of aryl methyl sites for hydroxylation is 1. The molecule has 1 atom stereocenters. The van der Waals surface area contributed by atoms with E-state index in [1.165, 1.54) is 0 Å². The van der Waals surface area contributed by atoms with Crippen molar-refractivity contribution in [3.05, 3.63) is 63.4 Å². The summed E-state index contributed by atoms with van der Waals surface area (Å²) in [6.07, 6.45) is 4.54. The van der Waals surface area contributed by atoms with Crippen molar-refractivity contribution >= 4 is 23.2 Å². The van der Waals surface area contributed by atoms with Crippen LogP contribution in [0.1, 0.15) is 22.7 Å². The summed E-state index contributed by atoms with van der Waals surface area (Å²) in [7, 11) is 1.94. The Morgan fingerprint density at radius 2 is 2.00 bits per heavy atom. The van der Waals surface area contributed by atoms with Gasteiger partial charge in [0.15, 0.2) is 0 Å². The molecule has 2 rings (SSSR count). The number of nitrogens with zero attached hydrogens (tertiary/aromatic N) is 1. The molecule has 2 aromatic rings. The molecule has 4 heteroatoms. The van der Waals surface area contributed by atoms with Crippen LogP contribution in [0.25, 0.3) is 0 Å². The van der Waals surface area contributed by atoms with Gasteiger partial charge in [0.05, 0.1) is 0 Å². The Labute approximate surface area is 123 Å². The van der Waals surface area contributed by atoms with Crippen molar-refractivity contribution in [2.45, 2.75) is 19.4 Å². The third kappa shape index (κ3) is 3.69. The Morgan fingerprint density at radius 1 is 1.21 bits per heavy atom. The lowest BCUT2D eigenvalue weighted by molar-refractivity contribution is 0.589. The highest BCUT2D eigenvalue weighted by Gasteiger charge is 2.13. The fourth-order valence-corrected chi connectivity index (χ4v) is 2.55. The second kappa shape index (κ2) is 6.38. The van der Waals surface area contributed by atoms with E-state index in [0.29, 0.717) is 10.0 Å². The van der Waals surface area contributed by atoms with Gasteiger partial charge >= 0.3 is 0 Å². The fourth-order valence-electron chi connectivity index (χ4n) is 2.06. The monoisotopic (exact) mass is 294 g/mol. The molecule has 0 radical (unpaired) electrons. The highest BCUT2D eigenvalue weighted by atomic mass is 35.5. The largest absolute Gasteiger partial charge is 0.313 e. The number of likely N-dealkylation sites (N-methyl/N-ethyl adjacent to an activating group) is 1. The zero-order chi connectivity index (χ0) is 13.8. The predicted molar refractivity (Wildman–Crippen MR) is 80.9 cm³/mol. The molecule has 0 bridgehead atoms. The minimum Gasteiger partial charge on any atom is -0.313 e. The van der Waals surface area contributed by atoms with Crippen LogP contribution in [0.4, 0.5) is 0 Å². The summed E-state index contributed by atoms with van der Waals surface area (Å²) < 4.78 is 0. The van der Waals surface area contributed by atoms with Crippen LogP contribution in [0.15, 0.2) is 36.7 Å². The Hall–Kier alpha value is -1.09. The van der Waals surface area contributed by atoms with E-state index in [4.69, 9.17) is 23.2 Å². The molecule has 0 spiro atoms. The maximum absolute atomic E-state index is 6.22. The third-order valence-electron chi connectivity index (χ3n) is 3.09. The van der Waals surface area contributed by atoms with Gasteiger partial charge in [0, 0.05) is 28.5 Å². The molecular formula is C15H16Cl2N2. The molecule has 1 unspecified atom stereocenters. The van der Waals surface area contributed by atoms with Crippen LogP contribution < -0.4 is 5.32 Å². The minimum absolute atomic E-state index is 0.186. The molecule has 1 heterocycles. The van der Waals surface area contributed by atoms with Crippen molar-refractivity contribution in [3.63, 3.8) is 0 Å². The molecule has 0 amide bonds. The number of aromatic nitrogens is 1. The van der Waals surface area contributed by atoms with E-state index in [0.717, 1.165) is 23.1 Å². The molecule has 2 nitrogen and oxygen atoms in total. The van der Waals surface area contributed by atoms with Gasteiger partial charge in [0.25, 0.3) is 0 Å². The lowest BCUT2D eigenvalue weighted by Gasteiger charge is -2.17. The van der Waals surface area contributed by atoms with Gasteiger partial charge in [-0.2, -0.15) is 0 Å². The van der Waals surface area contributed by atoms with E-state index in [1.807, 2.05) is 38.5 Å². The first-order valence-corrected chi connectivity index (χ1v) is 6.88. The quantitative estimate of drug-likeness (QED) is 0.914. The molecule has 100 valence electrons. The first-order chi connectivity index (χ1) is 9.10. The Balaban J connectivity index is 2.24. The zero-order valence-electron chi connectivity index (χ0n) is 11.0. The van der Waals surface area contributed by atoms with E-state index < -0.39 is 0 Å². The highest BCUT2D eigenvalue weighted by Crippen LogP contribution is 2.26. The maximum Gasteiger partial charge on any atom is 0.0453 e. The second-order valence-corrected chi connectivity index (χ2v) is 5.42. The number of benzene rings is 1. The standard InChI is InChI=1S/C15H16Cl2N2/c1-10-5-12(9-19-8-10)15(18-2)6-11-3-4-13(16)7-14(11)17/h3-5,7-9,15,18H,6H2,1-2H3. The van der Waals surface area contributed by atoms with Crippen molar-refractivity contribution in [2.24, 2.45) is 0 Å². The molecule has 1 aromatic heterocycles. The molecule has 0 saturated carbocycles. The summed E-state index contributed by atoms with van der Waals surface area (Å²) in [5, 5.41) is 4.67. The minimum atomic E-state index is 0.186. The van der Waals surface area contributed by atoms with Gasteiger partial charge < -0.3 is 5.32 Å². The zero-order valence-corrected chi connectivity index (χ0v) is 12.5. The van der Waals surface area contributed by atoms with Crippen molar-refractivity contribution in [3.8, 4) is 0 Å². The van der Waals surface area contributed by atoms with Crippen LogP contribution in [0.2, 0.25) is 10.0 Å². The van der Waals surface area contributed by atoms with Gasteiger partial charge in [-0.25, -0.2) is 0 Å². The van der Waals surface area contributed by atoms with Gasteiger partial charge in [-0.1, -0.05) is 35.3 Å². The van der Waals surface area contributed by atoms with Crippen molar-refractivity contribution < 1.29 is 0 Å². The van der Waals surface area contributed by atoms with Crippen LogP contribution in [0, 0.1) is 6.92 Å². The molecule has 19 heavy (non-hydrogen) atoms. The second-order valence-electron chi connectivity index (χ2n) is 4.58. The predicted octanol–water partition coefficient (Wildman–Crippen LogP) is 4.20. The molecule has 0 aliphatic rings. The van der Waals surface area contributed by atoms with Gasteiger partial charge in [-0.05, 0) is 49.2 Å². The summed E-state index contributed by atoms with van der Waals surface area (Å²) in [5.74, 6) is 0. The van der Waals surface area contributed by atoms with Gasteiger partial charge in [-0.15, -0.1) is 0 Å². The summed E-state index contributed by atoms with van der Waals surface area (Å²) in [4.78, 5) is 4.24. The fraction of sp³-hybridized carbons (Fsp3) is 0.267. The lowest BCUT2D eigenvalue weighted by atomic mass is 9.99. The SMILES string of the molecule is CNC(Cc1ccc(Cl)cc1Cl)c1cncc(C)c1. The smallest absolute Gasteiger partial charge is 0.0453 e. The van der Waals surface area contributed by atoms with Crippen LogP contribution in [-0.2, 0) is 6.42 Å². The Bertz CT molecular complexity index is 570. The van der Waals surface area contributed by atoms with Crippen LogP contribution in [-0.4, -0.2) is 12.0 Å². The molecular weight excluding hydrogens is 279 g/mol. The van der Waals surface area contributed by atoms with E-state index in [9.17, 15) is 0 Å². The third-order valence-corrected chi connectivity index (χ3v) is 3.67. The Morgan fingerprint density at radius 3 is 2.63 bits per heavy atom. The Kier molecular flexibility index (Phi) is 4.81. The van der Waals surface area contributed by atoms with Crippen molar-refractivity contribution in [1.82, 2.24) is 10.3 Å². The summed E-state index contributed by atoms with van der Waals surface area (Å²) in [6.45, 7) is 2.04. The van der Waals surface area contributed by atoms with Crippen LogP contribution in [0.5, 0.6) is 0 Å². The van der Waals surface area contributed by atoms with Crippen molar-refractivity contribution in [1.29, 1.82) is 0 Å². The molecule has 1 aromatic carbocycles. The number of halogens is 2. The number of rotatable bonds is 4. The molecule has 0 aliphatic carbocycles. The average molecular weight is 295 g/mol. The van der Waals surface area contributed by atoms with Crippen molar-refractivity contribution in [2.75, 3.05) is 7.05 Å². The number of hydrogen-bond donors (Lipinski definition) is 1. The highest BCUT2D eigenvalue weighted by molar-refractivity contribution is 6.35. The summed E-state index contributed by atoms with van der Waals surface area (Å²) >= 11 is 12.1. The van der Waals surface area contributed by atoms with E-state index in [1.54, 1.807) is 6.07 Å². The van der Waals surface area contributed by atoms with Crippen LogP contribution in [0.3, 0.4) is 0 Å². The normalized spacial score (nSPS) is 12.4. The number of hydrogen-bond acceptors (Lipinski definition) is 2. The molecule has 1 N–H and O–H groups in total. The molecule has 0 aliphatic heterocycles. The van der Waals surface area contributed by atoms with Gasteiger partial charge in [-0.3, -0.25) is 4.98 Å². The maximum atomic E-state index is 6.22. The summed E-state index contributed by atoms with van der Waals surface area (Å²) in [5.41, 5.74) is 3.39. The topological polar surface area (TPSA) is 24.9 Å². The first-order valence-electron chi connectivity index (χ1n) is 6.13. The average Bonchev–Trinajstić information content (AvgIpc) is 2.38. The van der Waals surface area contributed by atoms with E-state index >= 15 is 0 Å². The number of pyridine rings is 1. The van der Waals surface area contributed by atoms with E-state index in [-0.39, 0.29) is 6.04 Å². The van der Waals surface area contributed by atoms with Crippen LogP contribution >= 0.6 is 23.2 Å². The molecule has 0 saturated heterocycles. The van der Waals surface area contributed by atoms with E-state index in [2.05, 4.69) is 16.4 Å². The van der Waals surface area contributed by atoms with Gasteiger partial charge in [0.1, 0.15) is 0 Å².